The minimum atomic E-state index is -2.44. The van der Waals surface area contributed by atoms with Crippen LogP contribution >= 0.6 is 8.25 Å². The average molecular weight is 219 g/mol. The average Bonchev–Trinajstić information content (AvgIpc) is 2.01. The van der Waals surface area contributed by atoms with Gasteiger partial charge in [-0.05, 0) is 30.6 Å². The molecule has 0 heterocycles. The summed E-state index contributed by atoms with van der Waals surface area (Å²) in [7, 11) is -2.44. The van der Waals surface area contributed by atoms with Crippen LogP contribution < -0.4 is 0 Å². The third kappa shape index (κ3) is 3.30. The summed E-state index contributed by atoms with van der Waals surface area (Å²) in [4.78, 5) is 8.78. The summed E-state index contributed by atoms with van der Waals surface area (Å²) >= 11 is 0. The van der Waals surface area contributed by atoms with Crippen LogP contribution in [0.1, 0.15) is 40.0 Å². The highest BCUT2D eigenvalue weighted by Gasteiger charge is 2.36. The van der Waals surface area contributed by atoms with Crippen LogP contribution in [0.25, 0.3) is 0 Å². The Hall–Kier alpha value is 0.0200. The van der Waals surface area contributed by atoms with Gasteiger partial charge < -0.3 is 0 Å². The molecule has 0 aromatic carbocycles. The van der Waals surface area contributed by atoms with Crippen molar-refractivity contribution in [1.82, 2.24) is 0 Å². The molecule has 0 bridgehead atoms. The van der Waals surface area contributed by atoms with E-state index in [-0.39, 0.29) is 6.10 Å². The lowest BCUT2D eigenvalue weighted by molar-refractivity contribution is 0.0438. The van der Waals surface area contributed by atoms with Gasteiger partial charge in [-0.25, -0.2) is 0 Å². The highest BCUT2D eigenvalue weighted by Crippen LogP contribution is 2.38. The van der Waals surface area contributed by atoms with Crippen LogP contribution in [-0.4, -0.2) is 11.0 Å². The largest absolute Gasteiger partial charge is 0.695 e. The van der Waals surface area contributed by atoms with E-state index in [0.717, 1.165) is 12.8 Å². The van der Waals surface area contributed by atoms with Crippen LogP contribution in [0.4, 0.5) is 0 Å². The number of hydrogen-bond acceptors (Lipinski definition) is 2. The Morgan fingerprint density at radius 2 is 2.07 bits per heavy atom. The Kier molecular flexibility index (Phi) is 4.49. The van der Waals surface area contributed by atoms with Crippen LogP contribution in [0, 0.1) is 17.8 Å². The van der Waals surface area contributed by atoms with Gasteiger partial charge in [0.1, 0.15) is 6.10 Å². The fraction of sp³-hybridized carbons (Fsp3) is 1.00. The molecule has 1 saturated carbocycles. The molecule has 14 heavy (non-hydrogen) atoms. The lowest BCUT2D eigenvalue weighted by Crippen LogP contribution is -2.32. The molecule has 82 valence electrons. The first-order valence-corrected chi connectivity index (χ1v) is 6.46. The first kappa shape index (κ1) is 12.1. The van der Waals surface area contributed by atoms with Crippen molar-refractivity contribution in [2.24, 2.45) is 17.8 Å². The second-order valence-corrected chi connectivity index (χ2v) is 5.39. The zero-order valence-corrected chi connectivity index (χ0v) is 10.0. The van der Waals surface area contributed by atoms with Crippen LogP contribution in [0.15, 0.2) is 0 Å². The fourth-order valence-corrected chi connectivity index (χ4v) is 2.83. The Labute approximate surface area is 86.8 Å². The molecule has 1 aliphatic rings. The van der Waals surface area contributed by atoms with Crippen LogP contribution in [0.5, 0.6) is 0 Å². The summed E-state index contributed by atoms with van der Waals surface area (Å²) in [5, 5.41) is 0. The van der Waals surface area contributed by atoms with E-state index in [1.807, 2.05) is 0 Å². The van der Waals surface area contributed by atoms with E-state index in [1.165, 1.54) is 6.42 Å². The van der Waals surface area contributed by atoms with Crippen LogP contribution in [0.3, 0.4) is 0 Å². The van der Waals surface area contributed by atoms with Gasteiger partial charge in [0.25, 0.3) is 0 Å². The Morgan fingerprint density at radius 3 is 2.57 bits per heavy atom. The zero-order chi connectivity index (χ0) is 10.7. The molecule has 0 aromatic rings. The van der Waals surface area contributed by atoms with Gasteiger partial charge in [-0.15, -0.1) is 9.42 Å². The molecule has 0 aliphatic heterocycles. The van der Waals surface area contributed by atoms with Gasteiger partial charge in [0.15, 0.2) is 0 Å². The maximum atomic E-state index is 10.7. The highest BCUT2D eigenvalue weighted by atomic mass is 31.1. The molecule has 1 fully saturated rings. The SMILES string of the molecule is CC(C)[C@@H]1CC[C@@H](C)CC1O[P+](=O)O. The van der Waals surface area contributed by atoms with Crippen molar-refractivity contribution in [2.75, 3.05) is 0 Å². The molecular weight excluding hydrogens is 199 g/mol. The van der Waals surface area contributed by atoms with E-state index < -0.39 is 8.25 Å². The smallest absolute Gasteiger partial charge is 0.133 e. The van der Waals surface area contributed by atoms with Crippen molar-refractivity contribution >= 4 is 8.25 Å². The Balaban J connectivity index is 2.58. The van der Waals surface area contributed by atoms with Gasteiger partial charge in [0, 0.05) is 4.57 Å². The van der Waals surface area contributed by atoms with Gasteiger partial charge in [0.2, 0.25) is 0 Å². The van der Waals surface area contributed by atoms with Gasteiger partial charge in [0.05, 0.1) is 0 Å². The Bertz CT molecular complexity index is 206. The van der Waals surface area contributed by atoms with Crippen LogP contribution in [0.2, 0.25) is 0 Å². The second kappa shape index (κ2) is 5.20. The standard InChI is InChI=1S/C10H19O3P/c1-7(2)9-5-4-8(3)6-10(9)13-14(11)12/h7-10H,4-6H2,1-3H3/p+1/t8-,9+,10?/m1/s1. The predicted molar refractivity (Wildman–Crippen MR) is 56.0 cm³/mol. The predicted octanol–water partition coefficient (Wildman–Crippen LogP) is 3.11. The third-order valence-corrected chi connectivity index (χ3v) is 3.64. The van der Waals surface area contributed by atoms with E-state index in [2.05, 4.69) is 20.8 Å². The lowest BCUT2D eigenvalue weighted by Gasteiger charge is -2.33. The lowest BCUT2D eigenvalue weighted by atomic mass is 9.75. The first-order valence-electron chi connectivity index (χ1n) is 5.33. The molecule has 3 nitrogen and oxygen atoms in total. The molecule has 0 aromatic heterocycles. The summed E-state index contributed by atoms with van der Waals surface area (Å²) in [6, 6.07) is 0. The molecule has 0 spiro atoms. The summed E-state index contributed by atoms with van der Waals surface area (Å²) < 4.78 is 15.8. The summed E-state index contributed by atoms with van der Waals surface area (Å²) in [5.74, 6) is 1.59. The first-order chi connectivity index (χ1) is 6.50. The highest BCUT2D eigenvalue weighted by molar-refractivity contribution is 7.32. The molecule has 4 heteroatoms. The topological polar surface area (TPSA) is 46.5 Å². The van der Waals surface area contributed by atoms with Crippen molar-refractivity contribution in [3.05, 3.63) is 0 Å². The van der Waals surface area contributed by atoms with E-state index >= 15 is 0 Å². The maximum Gasteiger partial charge on any atom is 0.695 e. The van der Waals surface area contributed by atoms with Gasteiger partial charge in [-0.1, -0.05) is 27.2 Å². The Morgan fingerprint density at radius 1 is 1.43 bits per heavy atom. The quantitative estimate of drug-likeness (QED) is 0.742. The van der Waals surface area contributed by atoms with E-state index in [4.69, 9.17) is 9.42 Å². The molecule has 1 rings (SSSR count). The molecule has 0 saturated heterocycles. The number of rotatable bonds is 3. The van der Waals surface area contributed by atoms with Crippen molar-refractivity contribution in [1.29, 1.82) is 0 Å². The monoisotopic (exact) mass is 219 g/mol. The molecular formula is C10H20O3P+. The normalized spacial score (nSPS) is 34.6. The van der Waals surface area contributed by atoms with Gasteiger partial charge in [-0.3, -0.25) is 0 Å². The van der Waals surface area contributed by atoms with Crippen molar-refractivity contribution < 1.29 is 14.0 Å². The van der Waals surface area contributed by atoms with Crippen molar-refractivity contribution in [3.63, 3.8) is 0 Å². The molecule has 0 amide bonds. The number of hydrogen-bond donors (Lipinski definition) is 1. The van der Waals surface area contributed by atoms with E-state index in [0.29, 0.717) is 17.8 Å². The minimum absolute atomic E-state index is 0.0210. The summed E-state index contributed by atoms with van der Waals surface area (Å²) in [6.45, 7) is 6.49. The molecule has 1 N–H and O–H groups in total. The maximum absolute atomic E-state index is 10.7. The van der Waals surface area contributed by atoms with Crippen molar-refractivity contribution in [2.45, 2.75) is 46.1 Å². The zero-order valence-electron chi connectivity index (χ0n) is 9.14. The van der Waals surface area contributed by atoms with Crippen LogP contribution in [-0.2, 0) is 9.09 Å². The molecule has 4 atom stereocenters. The van der Waals surface area contributed by atoms with Crippen molar-refractivity contribution in [3.8, 4) is 0 Å². The molecule has 0 radical (unpaired) electrons. The van der Waals surface area contributed by atoms with E-state index in [9.17, 15) is 4.57 Å². The minimum Gasteiger partial charge on any atom is -0.133 e. The summed E-state index contributed by atoms with van der Waals surface area (Å²) in [6.07, 6.45) is 3.23. The molecule has 2 unspecified atom stereocenters. The second-order valence-electron chi connectivity index (χ2n) is 4.71. The fourth-order valence-electron chi connectivity index (χ4n) is 2.35. The summed E-state index contributed by atoms with van der Waals surface area (Å²) in [5.41, 5.74) is 0. The van der Waals surface area contributed by atoms with Gasteiger partial charge in [-0.2, -0.15) is 0 Å². The van der Waals surface area contributed by atoms with E-state index in [1.54, 1.807) is 0 Å². The van der Waals surface area contributed by atoms with Gasteiger partial charge >= 0.3 is 8.25 Å². The molecule has 1 aliphatic carbocycles. The third-order valence-electron chi connectivity index (χ3n) is 3.19.